The van der Waals surface area contributed by atoms with Crippen LogP contribution in [0.5, 0.6) is 0 Å². The zero-order valence-corrected chi connectivity index (χ0v) is 14.7. The molecule has 0 spiro atoms. The lowest BCUT2D eigenvalue weighted by Gasteiger charge is -2.15. The number of aryl methyl sites for hydroxylation is 1. The van der Waals surface area contributed by atoms with Crippen molar-refractivity contribution in [1.29, 1.82) is 0 Å². The van der Waals surface area contributed by atoms with Gasteiger partial charge < -0.3 is 0 Å². The Morgan fingerprint density at radius 3 is 2.54 bits per heavy atom. The van der Waals surface area contributed by atoms with Gasteiger partial charge in [0.15, 0.2) is 0 Å². The molecule has 4 nitrogen and oxygen atoms in total. The summed E-state index contributed by atoms with van der Waals surface area (Å²) >= 11 is 1.70. The maximum atomic E-state index is 12.6. The minimum absolute atomic E-state index is 0.113. The number of benzene rings is 2. The molecule has 1 aliphatic rings. The predicted molar refractivity (Wildman–Crippen MR) is 94.9 cm³/mol. The molecule has 0 saturated heterocycles. The monoisotopic (exact) mass is 357 g/mol. The normalized spacial score (nSPS) is 15.9. The van der Waals surface area contributed by atoms with E-state index in [2.05, 4.69) is 6.07 Å². The molecule has 2 aromatic carbocycles. The number of amides is 1. The van der Waals surface area contributed by atoms with Crippen LogP contribution >= 0.6 is 11.3 Å². The lowest BCUT2D eigenvalue weighted by atomic mass is 10.1. The van der Waals surface area contributed by atoms with Crippen molar-refractivity contribution in [1.82, 2.24) is 4.31 Å². The summed E-state index contributed by atoms with van der Waals surface area (Å²) in [6, 6.07) is 14.5. The SMILES string of the molecule is Cc1sc2ccccc2c1CCN1C(=O)c2ccccc2S1(=O)=O. The molecule has 122 valence electrons. The Bertz CT molecular complexity index is 1070. The van der Waals surface area contributed by atoms with Gasteiger partial charge in [-0.25, -0.2) is 12.7 Å². The topological polar surface area (TPSA) is 54.5 Å². The van der Waals surface area contributed by atoms with Crippen molar-refractivity contribution in [3.8, 4) is 0 Å². The third-order valence-electron chi connectivity index (χ3n) is 4.38. The summed E-state index contributed by atoms with van der Waals surface area (Å²) in [5.41, 5.74) is 1.39. The number of hydrogen-bond acceptors (Lipinski definition) is 4. The van der Waals surface area contributed by atoms with Crippen molar-refractivity contribution in [3.05, 3.63) is 64.5 Å². The van der Waals surface area contributed by atoms with Crippen LogP contribution in [0.15, 0.2) is 53.4 Å². The first-order valence-electron chi connectivity index (χ1n) is 7.63. The maximum Gasteiger partial charge on any atom is 0.269 e. The average Bonchev–Trinajstić information content (AvgIpc) is 2.99. The standard InChI is InChI=1S/C18H15NO3S2/c1-12-13(14-6-2-4-8-16(14)23-12)10-11-19-18(20)15-7-3-5-9-17(15)24(19,21)22/h2-9H,10-11H2,1H3. The van der Waals surface area contributed by atoms with E-state index in [1.807, 2.05) is 25.1 Å². The molecule has 6 heteroatoms. The second kappa shape index (κ2) is 5.43. The quantitative estimate of drug-likeness (QED) is 0.720. The summed E-state index contributed by atoms with van der Waals surface area (Å²) in [5.74, 6) is -0.428. The van der Waals surface area contributed by atoms with E-state index in [1.165, 1.54) is 10.8 Å². The molecule has 0 aliphatic carbocycles. The smallest absolute Gasteiger partial charge is 0.268 e. The van der Waals surface area contributed by atoms with Crippen molar-refractivity contribution in [3.63, 3.8) is 0 Å². The highest BCUT2D eigenvalue weighted by atomic mass is 32.2. The minimum atomic E-state index is -3.73. The summed E-state index contributed by atoms with van der Waals surface area (Å²) in [6.07, 6.45) is 0.523. The van der Waals surface area contributed by atoms with E-state index in [0.29, 0.717) is 6.42 Å². The highest BCUT2D eigenvalue weighted by Crippen LogP contribution is 2.33. The lowest BCUT2D eigenvalue weighted by Crippen LogP contribution is -2.32. The van der Waals surface area contributed by atoms with E-state index >= 15 is 0 Å². The van der Waals surface area contributed by atoms with Gasteiger partial charge in [-0.05, 0) is 42.5 Å². The zero-order chi connectivity index (χ0) is 16.9. The van der Waals surface area contributed by atoms with Gasteiger partial charge in [0.25, 0.3) is 15.9 Å². The van der Waals surface area contributed by atoms with Crippen LogP contribution in [0.2, 0.25) is 0 Å². The molecule has 0 bridgehead atoms. The number of thiophene rings is 1. The van der Waals surface area contributed by atoms with Gasteiger partial charge in [0.2, 0.25) is 0 Å². The van der Waals surface area contributed by atoms with E-state index in [9.17, 15) is 13.2 Å². The molecular formula is C18H15NO3S2. The summed E-state index contributed by atoms with van der Waals surface area (Å²) in [4.78, 5) is 13.7. The molecule has 3 aromatic rings. The molecule has 1 aliphatic heterocycles. The number of nitrogens with zero attached hydrogens (tertiary/aromatic N) is 1. The van der Waals surface area contributed by atoms with Crippen molar-refractivity contribution in [2.45, 2.75) is 18.2 Å². The van der Waals surface area contributed by atoms with E-state index in [4.69, 9.17) is 0 Å². The number of rotatable bonds is 3. The third-order valence-corrected chi connectivity index (χ3v) is 7.35. The van der Waals surface area contributed by atoms with Crippen LogP contribution in [0.3, 0.4) is 0 Å². The average molecular weight is 357 g/mol. The molecule has 4 rings (SSSR count). The van der Waals surface area contributed by atoms with Crippen LogP contribution in [0.25, 0.3) is 10.1 Å². The molecule has 0 fully saturated rings. The van der Waals surface area contributed by atoms with Crippen LogP contribution < -0.4 is 0 Å². The molecule has 0 atom stereocenters. The molecule has 0 N–H and O–H groups in total. The molecule has 1 aromatic heterocycles. The first kappa shape index (κ1) is 15.4. The van der Waals surface area contributed by atoms with Gasteiger partial charge in [-0.3, -0.25) is 4.79 Å². The van der Waals surface area contributed by atoms with E-state index in [0.717, 1.165) is 20.1 Å². The molecule has 0 radical (unpaired) electrons. The lowest BCUT2D eigenvalue weighted by molar-refractivity contribution is 0.0872. The summed E-state index contributed by atoms with van der Waals surface area (Å²) in [5, 5.41) is 1.14. The molecule has 0 saturated carbocycles. The van der Waals surface area contributed by atoms with Crippen LogP contribution in [-0.2, 0) is 16.4 Å². The summed E-state index contributed by atoms with van der Waals surface area (Å²) in [6.45, 7) is 2.20. The number of fused-ring (bicyclic) bond motifs is 2. The highest BCUT2D eigenvalue weighted by molar-refractivity contribution is 7.90. The van der Waals surface area contributed by atoms with Crippen molar-refractivity contribution in [2.75, 3.05) is 6.54 Å². The van der Waals surface area contributed by atoms with Gasteiger partial charge in [0.05, 0.1) is 5.56 Å². The second-order valence-electron chi connectivity index (χ2n) is 5.76. The molecule has 24 heavy (non-hydrogen) atoms. The Balaban J connectivity index is 1.67. The van der Waals surface area contributed by atoms with Gasteiger partial charge in [-0.15, -0.1) is 11.3 Å². The highest BCUT2D eigenvalue weighted by Gasteiger charge is 2.40. The van der Waals surface area contributed by atoms with Crippen molar-refractivity contribution >= 4 is 37.4 Å². The first-order valence-corrected chi connectivity index (χ1v) is 9.89. The van der Waals surface area contributed by atoms with Crippen LogP contribution in [0.4, 0.5) is 0 Å². The summed E-state index contributed by atoms with van der Waals surface area (Å²) < 4.78 is 27.4. The molecule has 0 unspecified atom stereocenters. The number of carbonyl (C=O) groups excluding carboxylic acids is 1. The molecule has 2 heterocycles. The Hall–Kier alpha value is -2.18. The van der Waals surface area contributed by atoms with E-state index in [1.54, 1.807) is 29.5 Å². The van der Waals surface area contributed by atoms with Gasteiger partial charge in [0, 0.05) is 16.1 Å². The Labute approximate surface area is 144 Å². The largest absolute Gasteiger partial charge is 0.269 e. The number of carbonyl (C=O) groups is 1. The molecule has 1 amide bonds. The van der Waals surface area contributed by atoms with Gasteiger partial charge in [-0.2, -0.15) is 0 Å². The fraction of sp³-hybridized carbons (Fsp3) is 0.167. The fourth-order valence-electron chi connectivity index (χ4n) is 3.20. The Morgan fingerprint density at radius 2 is 1.75 bits per heavy atom. The number of sulfonamides is 1. The van der Waals surface area contributed by atoms with Gasteiger partial charge in [0.1, 0.15) is 4.90 Å². The maximum absolute atomic E-state index is 12.6. The van der Waals surface area contributed by atoms with Crippen LogP contribution in [0.1, 0.15) is 20.8 Å². The Morgan fingerprint density at radius 1 is 1.04 bits per heavy atom. The first-order chi connectivity index (χ1) is 11.5. The molecular weight excluding hydrogens is 342 g/mol. The summed E-state index contributed by atoms with van der Waals surface area (Å²) in [7, 11) is -3.73. The third kappa shape index (κ3) is 2.17. The zero-order valence-electron chi connectivity index (χ0n) is 13.0. The van der Waals surface area contributed by atoms with Gasteiger partial charge >= 0.3 is 0 Å². The van der Waals surface area contributed by atoms with Crippen molar-refractivity contribution in [2.24, 2.45) is 0 Å². The van der Waals surface area contributed by atoms with E-state index in [-0.39, 0.29) is 17.0 Å². The Kier molecular flexibility index (Phi) is 3.47. The van der Waals surface area contributed by atoms with Crippen LogP contribution in [-0.4, -0.2) is 25.2 Å². The fourth-order valence-corrected chi connectivity index (χ4v) is 5.88. The number of hydrogen-bond donors (Lipinski definition) is 0. The van der Waals surface area contributed by atoms with E-state index < -0.39 is 15.9 Å². The second-order valence-corrected chi connectivity index (χ2v) is 8.85. The van der Waals surface area contributed by atoms with Crippen molar-refractivity contribution < 1.29 is 13.2 Å². The van der Waals surface area contributed by atoms with Gasteiger partial charge in [-0.1, -0.05) is 30.3 Å². The van der Waals surface area contributed by atoms with Crippen LogP contribution in [0, 0.1) is 6.92 Å². The predicted octanol–water partition coefficient (Wildman–Crippen LogP) is 3.60. The minimum Gasteiger partial charge on any atom is -0.268 e.